The minimum absolute atomic E-state index is 0.214. The number of nitrogens with two attached hydrogens (primary N) is 1. The summed E-state index contributed by atoms with van der Waals surface area (Å²) >= 11 is 5.85. The number of hydrogen-bond donors (Lipinski definition) is 2. The summed E-state index contributed by atoms with van der Waals surface area (Å²) in [5, 5.41) is 4.35. The lowest BCUT2D eigenvalue weighted by Crippen LogP contribution is -2.08. The standard InChI is InChI=1S/C21H20ClN3O/c1-2-3-16-13-19(23)18-12-17(9-10-20(18)24-16)25-21(26)11-6-14-4-7-15(22)8-5-14/h4-13H,2-3H2,1H3,(H2,23,24)(H,25,26)/b11-6+. The van der Waals surface area contributed by atoms with Crippen LogP contribution in [0, 0.1) is 0 Å². The molecule has 26 heavy (non-hydrogen) atoms. The number of benzene rings is 2. The molecule has 1 aromatic heterocycles. The van der Waals surface area contributed by atoms with E-state index >= 15 is 0 Å². The highest BCUT2D eigenvalue weighted by molar-refractivity contribution is 6.30. The van der Waals surface area contributed by atoms with Crippen molar-refractivity contribution in [2.75, 3.05) is 11.1 Å². The summed E-state index contributed by atoms with van der Waals surface area (Å²) in [7, 11) is 0. The van der Waals surface area contributed by atoms with Gasteiger partial charge >= 0.3 is 0 Å². The molecule has 0 unspecified atom stereocenters. The number of nitrogen functional groups attached to an aromatic ring is 1. The number of nitrogens with one attached hydrogen (secondary N) is 1. The Kier molecular flexibility index (Phi) is 5.54. The number of anilines is 2. The van der Waals surface area contributed by atoms with Crippen molar-refractivity contribution in [2.24, 2.45) is 0 Å². The number of pyridine rings is 1. The van der Waals surface area contributed by atoms with Gasteiger partial charge in [-0.2, -0.15) is 0 Å². The largest absolute Gasteiger partial charge is 0.398 e. The first-order valence-corrected chi connectivity index (χ1v) is 8.87. The fraction of sp³-hybridized carbons (Fsp3) is 0.143. The number of aromatic nitrogens is 1. The summed E-state index contributed by atoms with van der Waals surface area (Å²) in [6.07, 6.45) is 5.14. The van der Waals surface area contributed by atoms with E-state index in [1.165, 1.54) is 6.08 Å². The van der Waals surface area contributed by atoms with E-state index in [2.05, 4.69) is 17.2 Å². The number of carbonyl (C=O) groups is 1. The van der Waals surface area contributed by atoms with Gasteiger partial charge in [-0.1, -0.05) is 37.1 Å². The molecule has 2 aromatic carbocycles. The van der Waals surface area contributed by atoms with Crippen molar-refractivity contribution < 1.29 is 4.79 Å². The first kappa shape index (κ1) is 18.0. The van der Waals surface area contributed by atoms with Gasteiger partial charge in [0.15, 0.2) is 0 Å². The molecule has 0 aliphatic rings. The third-order valence-electron chi connectivity index (χ3n) is 3.96. The van der Waals surface area contributed by atoms with Crippen molar-refractivity contribution in [3.05, 3.63) is 70.9 Å². The third kappa shape index (κ3) is 4.41. The molecule has 0 atom stereocenters. The van der Waals surface area contributed by atoms with Crippen LogP contribution >= 0.6 is 11.6 Å². The normalized spacial score (nSPS) is 11.2. The second-order valence-corrected chi connectivity index (χ2v) is 6.50. The van der Waals surface area contributed by atoms with Crippen LogP contribution in [-0.4, -0.2) is 10.9 Å². The number of fused-ring (bicyclic) bond motifs is 1. The number of rotatable bonds is 5. The van der Waals surface area contributed by atoms with Crippen LogP contribution in [0.2, 0.25) is 5.02 Å². The van der Waals surface area contributed by atoms with E-state index in [1.807, 2.05) is 36.4 Å². The van der Waals surface area contributed by atoms with E-state index in [0.717, 1.165) is 35.0 Å². The Balaban J connectivity index is 1.75. The molecule has 3 N–H and O–H groups in total. The minimum atomic E-state index is -0.214. The molecule has 4 nitrogen and oxygen atoms in total. The lowest BCUT2D eigenvalue weighted by Gasteiger charge is -2.08. The summed E-state index contributed by atoms with van der Waals surface area (Å²) in [5.41, 5.74) is 10.2. The summed E-state index contributed by atoms with van der Waals surface area (Å²) in [4.78, 5) is 16.8. The van der Waals surface area contributed by atoms with E-state index in [9.17, 15) is 4.79 Å². The van der Waals surface area contributed by atoms with Crippen molar-refractivity contribution in [3.63, 3.8) is 0 Å². The predicted molar refractivity (Wildman–Crippen MR) is 109 cm³/mol. The molecular formula is C21H20ClN3O. The maximum Gasteiger partial charge on any atom is 0.248 e. The van der Waals surface area contributed by atoms with Gasteiger partial charge in [0.05, 0.1) is 5.52 Å². The van der Waals surface area contributed by atoms with Crippen LogP contribution < -0.4 is 11.1 Å². The Morgan fingerprint density at radius 2 is 1.96 bits per heavy atom. The molecule has 1 heterocycles. The van der Waals surface area contributed by atoms with E-state index in [1.54, 1.807) is 18.2 Å². The fourth-order valence-electron chi connectivity index (χ4n) is 2.70. The van der Waals surface area contributed by atoms with Crippen LogP contribution in [0.3, 0.4) is 0 Å². The molecule has 0 saturated heterocycles. The number of halogens is 1. The van der Waals surface area contributed by atoms with Crippen molar-refractivity contribution in [2.45, 2.75) is 19.8 Å². The van der Waals surface area contributed by atoms with Crippen molar-refractivity contribution >= 4 is 45.9 Å². The van der Waals surface area contributed by atoms with Gasteiger partial charge in [0, 0.05) is 33.6 Å². The quantitative estimate of drug-likeness (QED) is 0.620. The van der Waals surface area contributed by atoms with E-state index in [0.29, 0.717) is 16.4 Å². The highest BCUT2D eigenvalue weighted by Crippen LogP contribution is 2.24. The molecule has 132 valence electrons. The second kappa shape index (κ2) is 8.02. The average Bonchev–Trinajstić information content (AvgIpc) is 2.62. The average molecular weight is 366 g/mol. The lowest BCUT2D eigenvalue weighted by atomic mass is 10.1. The summed E-state index contributed by atoms with van der Waals surface area (Å²) in [6, 6.07) is 14.7. The summed E-state index contributed by atoms with van der Waals surface area (Å²) in [6.45, 7) is 2.11. The number of aryl methyl sites for hydroxylation is 1. The van der Waals surface area contributed by atoms with Crippen LogP contribution in [0.4, 0.5) is 11.4 Å². The molecule has 0 aliphatic carbocycles. The van der Waals surface area contributed by atoms with Gasteiger partial charge in [-0.15, -0.1) is 0 Å². The van der Waals surface area contributed by atoms with E-state index in [-0.39, 0.29) is 5.91 Å². The van der Waals surface area contributed by atoms with Gasteiger partial charge in [0.1, 0.15) is 0 Å². The van der Waals surface area contributed by atoms with Gasteiger partial charge in [-0.05, 0) is 54.5 Å². The smallest absolute Gasteiger partial charge is 0.248 e. The second-order valence-electron chi connectivity index (χ2n) is 6.06. The zero-order valence-corrected chi connectivity index (χ0v) is 15.3. The third-order valence-corrected chi connectivity index (χ3v) is 4.22. The Morgan fingerprint density at radius 3 is 2.69 bits per heavy atom. The van der Waals surface area contributed by atoms with Gasteiger partial charge in [-0.25, -0.2) is 0 Å². The van der Waals surface area contributed by atoms with Crippen LogP contribution in [-0.2, 0) is 11.2 Å². The first-order chi connectivity index (χ1) is 12.5. The maximum atomic E-state index is 12.1. The number of hydrogen-bond acceptors (Lipinski definition) is 3. The Labute approximate surface area is 157 Å². The van der Waals surface area contributed by atoms with Gasteiger partial charge in [-0.3, -0.25) is 9.78 Å². The summed E-state index contributed by atoms with van der Waals surface area (Å²) in [5.74, 6) is -0.214. The highest BCUT2D eigenvalue weighted by Gasteiger charge is 2.06. The van der Waals surface area contributed by atoms with Crippen LogP contribution in [0.25, 0.3) is 17.0 Å². The zero-order valence-electron chi connectivity index (χ0n) is 14.5. The summed E-state index contributed by atoms with van der Waals surface area (Å²) < 4.78 is 0. The zero-order chi connectivity index (χ0) is 18.5. The fourth-order valence-corrected chi connectivity index (χ4v) is 2.83. The molecule has 0 radical (unpaired) electrons. The topological polar surface area (TPSA) is 68.0 Å². The molecule has 0 fully saturated rings. The van der Waals surface area contributed by atoms with Gasteiger partial charge in [0.25, 0.3) is 0 Å². The monoisotopic (exact) mass is 365 g/mol. The van der Waals surface area contributed by atoms with Crippen molar-refractivity contribution in [1.82, 2.24) is 4.98 Å². The Morgan fingerprint density at radius 1 is 1.19 bits per heavy atom. The predicted octanol–water partition coefficient (Wildman–Crippen LogP) is 5.07. The molecule has 0 saturated carbocycles. The SMILES string of the molecule is CCCc1cc(N)c2cc(NC(=O)/C=C/c3ccc(Cl)cc3)ccc2n1. The van der Waals surface area contributed by atoms with Crippen molar-refractivity contribution in [3.8, 4) is 0 Å². The number of carbonyl (C=O) groups excluding carboxylic acids is 1. The maximum absolute atomic E-state index is 12.1. The number of amides is 1. The lowest BCUT2D eigenvalue weighted by molar-refractivity contribution is -0.111. The van der Waals surface area contributed by atoms with Crippen LogP contribution in [0.5, 0.6) is 0 Å². The molecule has 3 aromatic rings. The molecule has 0 bridgehead atoms. The molecule has 0 aliphatic heterocycles. The molecule has 0 spiro atoms. The number of nitrogens with zero attached hydrogens (tertiary/aromatic N) is 1. The van der Waals surface area contributed by atoms with Crippen molar-refractivity contribution in [1.29, 1.82) is 0 Å². The van der Waals surface area contributed by atoms with E-state index < -0.39 is 0 Å². The van der Waals surface area contributed by atoms with Crippen LogP contribution in [0.1, 0.15) is 24.6 Å². The molecule has 3 rings (SSSR count). The molecular weight excluding hydrogens is 346 g/mol. The first-order valence-electron chi connectivity index (χ1n) is 8.49. The van der Waals surface area contributed by atoms with Gasteiger partial charge in [0.2, 0.25) is 5.91 Å². The Hall–Kier alpha value is -2.85. The van der Waals surface area contributed by atoms with Gasteiger partial charge < -0.3 is 11.1 Å². The minimum Gasteiger partial charge on any atom is -0.398 e. The highest BCUT2D eigenvalue weighted by atomic mass is 35.5. The molecule has 5 heteroatoms. The van der Waals surface area contributed by atoms with Crippen LogP contribution in [0.15, 0.2) is 54.6 Å². The molecule has 1 amide bonds. The van der Waals surface area contributed by atoms with E-state index in [4.69, 9.17) is 17.3 Å². The Bertz CT molecular complexity index is 965.